The van der Waals surface area contributed by atoms with Gasteiger partial charge in [-0.15, -0.1) is 0 Å². The maximum Gasteiger partial charge on any atom is 0.123 e. The van der Waals surface area contributed by atoms with Crippen LogP contribution in [0.2, 0.25) is 0 Å². The van der Waals surface area contributed by atoms with Crippen LogP contribution in [0.1, 0.15) is 63.5 Å². The van der Waals surface area contributed by atoms with E-state index in [1.807, 2.05) is 14.0 Å². The van der Waals surface area contributed by atoms with Gasteiger partial charge in [-0.3, -0.25) is 0 Å². The molecule has 1 aliphatic rings. The van der Waals surface area contributed by atoms with Gasteiger partial charge in [-0.2, -0.15) is 0 Å². The number of nitrogens with one attached hydrogen (secondary N) is 1. The van der Waals surface area contributed by atoms with Crippen LogP contribution in [0, 0.1) is 17.0 Å². The SMILES string of the molecule is CC(c1ccc(F)cc1)c1ccc(F)cc1.CCCC1(CC)CNCCC1OC. The zero-order chi connectivity index (χ0) is 21.3. The molecule has 0 amide bonds. The van der Waals surface area contributed by atoms with Crippen molar-refractivity contribution in [2.75, 3.05) is 20.2 Å². The third-order valence-electron chi connectivity index (χ3n) is 6.22. The summed E-state index contributed by atoms with van der Waals surface area (Å²) in [6.07, 6.45) is 5.42. The molecular weight excluding hydrogens is 368 g/mol. The second-order valence-electron chi connectivity index (χ2n) is 7.98. The minimum absolute atomic E-state index is 0.140. The summed E-state index contributed by atoms with van der Waals surface area (Å²) in [5.41, 5.74) is 2.45. The standard InChI is InChI=1S/C14H12F2.C11H23NO/c1-10(11-2-6-13(15)7-3-11)12-4-8-14(16)9-5-12;1-4-7-11(5-2)9-12-8-6-10(11)13-3/h2-10H,1H3;10,12H,4-9H2,1-3H3. The molecule has 0 radical (unpaired) electrons. The van der Waals surface area contributed by atoms with Gasteiger partial charge in [-0.05, 0) is 61.2 Å². The number of benzene rings is 2. The van der Waals surface area contributed by atoms with E-state index in [1.54, 1.807) is 24.3 Å². The highest BCUT2D eigenvalue weighted by atomic mass is 19.1. The number of methoxy groups -OCH3 is 1. The van der Waals surface area contributed by atoms with Gasteiger partial charge in [0.05, 0.1) is 6.10 Å². The van der Waals surface area contributed by atoms with E-state index in [-0.39, 0.29) is 17.6 Å². The van der Waals surface area contributed by atoms with Crippen LogP contribution in [-0.4, -0.2) is 26.3 Å². The van der Waals surface area contributed by atoms with Gasteiger partial charge in [0.2, 0.25) is 0 Å². The lowest BCUT2D eigenvalue weighted by atomic mass is 9.72. The Kier molecular flexibility index (Phi) is 9.25. The van der Waals surface area contributed by atoms with Crippen LogP contribution in [0.25, 0.3) is 0 Å². The smallest absolute Gasteiger partial charge is 0.123 e. The molecule has 2 atom stereocenters. The molecular formula is C25H35F2NO. The Labute approximate surface area is 174 Å². The monoisotopic (exact) mass is 403 g/mol. The van der Waals surface area contributed by atoms with Crippen molar-refractivity contribution in [2.45, 2.75) is 58.5 Å². The molecule has 2 unspecified atom stereocenters. The van der Waals surface area contributed by atoms with E-state index in [4.69, 9.17) is 4.74 Å². The lowest BCUT2D eigenvalue weighted by Gasteiger charge is -2.43. The van der Waals surface area contributed by atoms with Gasteiger partial charge in [0.1, 0.15) is 11.6 Å². The Bertz CT molecular complexity index is 667. The minimum atomic E-state index is -0.241. The van der Waals surface area contributed by atoms with Gasteiger partial charge in [0.25, 0.3) is 0 Å². The van der Waals surface area contributed by atoms with Crippen molar-refractivity contribution in [3.8, 4) is 0 Å². The lowest BCUT2D eigenvalue weighted by Crippen LogP contribution is -2.50. The average Bonchev–Trinajstić information content (AvgIpc) is 2.75. The van der Waals surface area contributed by atoms with Crippen LogP contribution in [0.3, 0.4) is 0 Å². The van der Waals surface area contributed by atoms with E-state index in [9.17, 15) is 8.78 Å². The predicted molar refractivity (Wildman–Crippen MR) is 116 cm³/mol. The van der Waals surface area contributed by atoms with Crippen LogP contribution < -0.4 is 5.32 Å². The van der Waals surface area contributed by atoms with Gasteiger partial charge in [0, 0.05) is 25.0 Å². The van der Waals surface area contributed by atoms with Gasteiger partial charge in [0.15, 0.2) is 0 Å². The fourth-order valence-electron chi connectivity index (χ4n) is 4.33. The largest absolute Gasteiger partial charge is 0.381 e. The van der Waals surface area contributed by atoms with Crippen molar-refractivity contribution >= 4 is 0 Å². The van der Waals surface area contributed by atoms with E-state index in [0.29, 0.717) is 11.5 Å². The molecule has 1 fully saturated rings. The summed E-state index contributed by atoms with van der Waals surface area (Å²) in [4.78, 5) is 0. The second kappa shape index (κ2) is 11.4. The molecule has 29 heavy (non-hydrogen) atoms. The first kappa shape index (κ1) is 23.5. The molecule has 4 heteroatoms. The minimum Gasteiger partial charge on any atom is -0.381 e. The number of ether oxygens (including phenoxy) is 1. The van der Waals surface area contributed by atoms with E-state index >= 15 is 0 Å². The molecule has 160 valence electrons. The predicted octanol–water partition coefficient (Wildman–Crippen LogP) is 6.31. The molecule has 0 aromatic heterocycles. The van der Waals surface area contributed by atoms with Crippen molar-refractivity contribution in [1.82, 2.24) is 5.32 Å². The van der Waals surface area contributed by atoms with Crippen LogP contribution >= 0.6 is 0 Å². The number of piperidine rings is 1. The van der Waals surface area contributed by atoms with E-state index < -0.39 is 0 Å². The first-order valence-corrected chi connectivity index (χ1v) is 10.7. The topological polar surface area (TPSA) is 21.3 Å². The Morgan fingerprint density at radius 2 is 1.52 bits per heavy atom. The first-order chi connectivity index (χ1) is 14.0. The Morgan fingerprint density at radius 1 is 1.00 bits per heavy atom. The zero-order valence-electron chi connectivity index (χ0n) is 18.2. The highest BCUT2D eigenvalue weighted by Gasteiger charge is 2.38. The lowest BCUT2D eigenvalue weighted by molar-refractivity contribution is -0.0414. The zero-order valence-corrected chi connectivity index (χ0v) is 18.2. The number of hydrogen-bond acceptors (Lipinski definition) is 2. The average molecular weight is 404 g/mol. The van der Waals surface area contributed by atoms with Crippen molar-refractivity contribution in [3.05, 3.63) is 71.3 Å². The fraction of sp³-hybridized carbons (Fsp3) is 0.520. The summed E-state index contributed by atoms with van der Waals surface area (Å²) in [6.45, 7) is 8.81. The maximum absolute atomic E-state index is 12.8. The number of halogens is 2. The molecule has 1 heterocycles. The molecule has 2 aromatic rings. The normalized spacial score (nSPS) is 21.6. The van der Waals surface area contributed by atoms with Gasteiger partial charge in [-0.1, -0.05) is 51.5 Å². The van der Waals surface area contributed by atoms with Crippen LogP contribution in [0.5, 0.6) is 0 Å². The van der Waals surface area contributed by atoms with Crippen molar-refractivity contribution in [3.63, 3.8) is 0 Å². The number of hydrogen-bond donors (Lipinski definition) is 1. The Balaban J connectivity index is 0.000000212. The van der Waals surface area contributed by atoms with Crippen LogP contribution in [0.4, 0.5) is 8.78 Å². The van der Waals surface area contributed by atoms with Gasteiger partial charge < -0.3 is 10.1 Å². The van der Waals surface area contributed by atoms with Crippen LogP contribution in [0.15, 0.2) is 48.5 Å². The Hall–Kier alpha value is -1.78. The van der Waals surface area contributed by atoms with Crippen molar-refractivity contribution in [1.29, 1.82) is 0 Å². The number of rotatable bonds is 6. The molecule has 0 spiro atoms. The van der Waals surface area contributed by atoms with Crippen molar-refractivity contribution < 1.29 is 13.5 Å². The molecule has 3 rings (SSSR count). The van der Waals surface area contributed by atoms with Crippen LogP contribution in [-0.2, 0) is 4.74 Å². The van der Waals surface area contributed by atoms with Gasteiger partial charge in [-0.25, -0.2) is 8.78 Å². The Morgan fingerprint density at radius 3 is 1.93 bits per heavy atom. The summed E-state index contributed by atoms with van der Waals surface area (Å²) in [7, 11) is 1.86. The summed E-state index contributed by atoms with van der Waals surface area (Å²) < 4.78 is 31.1. The van der Waals surface area contributed by atoms with Gasteiger partial charge >= 0.3 is 0 Å². The van der Waals surface area contributed by atoms with E-state index in [2.05, 4.69) is 19.2 Å². The molecule has 1 N–H and O–H groups in total. The highest BCUT2D eigenvalue weighted by Crippen LogP contribution is 2.36. The summed E-state index contributed by atoms with van der Waals surface area (Å²) in [5, 5.41) is 3.50. The summed E-state index contributed by atoms with van der Waals surface area (Å²) >= 11 is 0. The quantitative estimate of drug-likeness (QED) is 0.610. The van der Waals surface area contributed by atoms with E-state index in [0.717, 1.165) is 24.2 Å². The third-order valence-corrected chi connectivity index (χ3v) is 6.22. The van der Waals surface area contributed by atoms with E-state index in [1.165, 1.54) is 49.9 Å². The second-order valence-corrected chi connectivity index (χ2v) is 7.98. The molecule has 0 saturated carbocycles. The molecule has 0 aliphatic carbocycles. The molecule has 2 nitrogen and oxygen atoms in total. The maximum atomic E-state index is 12.8. The first-order valence-electron chi connectivity index (χ1n) is 10.7. The highest BCUT2D eigenvalue weighted by molar-refractivity contribution is 5.31. The third kappa shape index (κ3) is 6.35. The summed E-state index contributed by atoms with van der Waals surface area (Å²) in [6, 6.07) is 12.8. The summed E-state index contributed by atoms with van der Waals surface area (Å²) in [5.74, 6) is -0.341. The molecule has 1 saturated heterocycles. The molecule has 1 aliphatic heterocycles. The molecule has 2 aromatic carbocycles. The fourth-order valence-corrected chi connectivity index (χ4v) is 4.33. The van der Waals surface area contributed by atoms with Crippen molar-refractivity contribution in [2.24, 2.45) is 5.41 Å². The molecule has 0 bridgehead atoms.